The molecule has 0 unspecified atom stereocenters. The van der Waals surface area contributed by atoms with Crippen LogP contribution in [0.4, 0.5) is 0 Å². The fourth-order valence-corrected chi connectivity index (χ4v) is 2.85. The summed E-state index contributed by atoms with van der Waals surface area (Å²) < 4.78 is 0. The van der Waals surface area contributed by atoms with Crippen molar-refractivity contribution in [1.29, 1.82) is 0 Å². The fraction of sp³-hybridized carbons (Fsp3) is 0.400. The van der Waals surface area contributed by atoms with E-state index in [4.69, 9.17) is 4.98 Å². The molecule has 0 spiro atoms. The molecule has 1 N–H and O–H groups in total. The van der Waals surface area contributed by atoms with E-state index in [-0.39, 0.29) is 5.54 Å². The van der Waals surface area contributed by atoms with Gasteiger partial charge in [-0.1, -0.05) is 17.7 Å². The van der Waals surface area contributed by atoms with Crippen LogP contribution in [0.2, 0.25) is 0 Å². The number of aryl methyl sites for hydroxylation is 2. The molecule has 96 valence electrons. The average Bonchev–Trinajstić information content (AvgIpc) is 2.82. The predicted molar refractivity (Wildman–Crippen MR) is 79.1 cm³/mol. The Morgan fingerprint density at radius 2 is 1.94 bits per heavy atom. The second-order valence-corrected chi connectivity index (χ2v) is 6.09. The summed E-state index contributed by atoms with van der Waals surface area (Å²) in [6.45, 7) is 8.55. The quantitative estimate of drug-likeness (QED) is 0.906. The lowest BCUT2D eigenvalue weighted by Gasteiger charge is -2.21. The van der Waals surface area contributed by atoms with Gasteiger partial charge >= 0.3 is 0 Å². The fourth-order valence-electron chi connectivity index (χ4n) is 1.78. The van der Waals surface area contributed by atoms with Crippen molar-refractivity contribution in [3.63, 3.8) is 0 Å². The third kappa shape index (κ3) is 2.47. The lowest BCUT2D eigenvalue weighted by Crippen LogP contribution is -2.33. The van der Waals surface area contributed by atoms with Gasteiger partial charge in [0.15, 0.2) is 0 Å². The van der Waals surface area contributed by atoms with Crippen LogP contribution in [0.15, 0.2) is 23.6 Å². The van der Waals surface area contributed by atoms with Crippen LogP contribution in [0.5, 0.6) is 0 Å². The maximum Gasteiger partial charge on any atom is 0.123 e. The molecule has 18 heavy (non-hydrogen) atoms. The monoisotopic (exact) mass is 260 g/mol. The number of nitrogens with zero attached hydrogens (tertiary/aromatic N) is 1. The molecule has 0 saturated carbocycles. The molecule has 2 aromatic rings. The number of hydrogen-bond donors (Lipinski definition) is 1. The van der Waals surface area contributed by atoms with Gasteiger partial charge in [-0.15, -0.1) is 11.3 Å². The zero-order valence-electron chi connectivity index (χ0n) is 11.7. The van der Waals surface area contributed by atoms with Gasteiger partial charge in [-0.25, -0.2) is 4.98 Å². The molecule has 0 fully saturated rings. The summed E-state index contributed by atoms with van der Waals surface area (Å²) in [5.74, 6) is 0. The number of thiazole rings is 1. The SMILES string of the molecule is CNC(C)(C)c1csc(-c2cc(C)ccc2C)n1. The molecule has 0 bridgehead atoms. The van der Waals surface area contributed by atoms with Crippen LogP contribution in [-0.2, 0) is 5.54 Å². The van der Waals surface area contributed by atoms with Gasteiger partial charge in [0, 0.05) is 10.9 Å². The maximum atomic E-state index is 4.78. The summed E-state index contributed by atoms with van der Waals surface area (Å²) in [5, 5.41) is 6.55. The standard InChI is InChI=1S/C15H20N2S/c1-10-6-7-11(2)12(8-10)14-17-13(9-18-14)15(3,4)16-5/h6-9,16H,1-5H3. The summed E-state index contributed by atoms with van der Waals surface area (Å²) >= 11 is 1.72. The Morgan fingerprint density at radius 3 is 2.61 bits per heavy atom. The van der Waals surface area contributed by atoms with Crippen LogP contribution in [0, 0.1) is 13.8 Å². The Balaban J connectivity index is 2.44. The molecule has 2 nitrogen and oxygen atoms in total. The summed E-state index contributed by atoms with van der Waals surface area (Å²) in [7, 11) is 1.97. The number of nitrogens with one attached hydrogen (secondary N) is 1. The van der Waals surface area contributed by atoms with E-state index in [0.29, 0.717) is 0 Å². The summed E-state index contributed by atoms with van der Waals surface area (Å²) in [4.78, 5) is 4.78. The van der Waals surface area contributed by atoms with Crippen molar-refractivity contribution in [2.75, 3.05) is 7.05 Å². The van der Waals surface area contributed by atoms with Gasteiger partial charge in [0.2, 0.25) is 0 Å². The highest BCUT2D eigenvalue weighted by Gasteiger charge is 2.21. The minimum Gasteiger partial charge on any atom is -0.310 e. The smallest absolute Gasteiger partial charge is 0.123 e. The Bertz CT molecular complexity index is 555. The summed E-state index contributed by atoms with van der Waals surface area (Å²) in [5.41, 5.74) is 4.83. The van der Waals surface area contributed by atoms with E-state index in [2.05, 4.69) is 56.6 Å². The number of aromatic nitrogens is 1. The van der Waals surface area contributed by atoms with Crippen molar-refractivity contribution < 1.29 is 0 Å². The molecular formula is C15H20N2S. The molecule has 1 heterocycles. The molecule has 0 atom stereocenters. The summed E-state index contributed by atoms with van der Waals surface area (Å²) in [6, 6.07) is 6.52. The maximum absolute atomic E-state index is 4.78. The van der Waals surface area contributed by atoms with Crippen molar-refractivity contribution in [2.45, 2.75) is 33.2 Å². The van der Waals surface area contributed by atoms with Gasteiger partial charge in [0.05, 0.1) is 11.2 Å². The van der Waals surface area contributed by atoms with Gasteiger partial charge in [-0.3, -0.25) is 0 Å². The largest absolute Gasteiger partial charge is 0.310 e. The zero-order chi connectivity index (χ0) is 13.3. The van der Waals surface area contributed by atoms with E-state index >= 15 is 0 Å². The van der Waals surface area contributed by atoms with Gasteiger partial charge in [0.25, 0.3) is 0 Å². The first-order chi connectivity index (χ1) is 8.44. The summed E-state index contributed by atoms with van der Waals surface area (Å²) in [6.07, 6.45) is 0. The van der Waals surface area contributed by atoms with Gasteiger partial charge in [0.1, 0.15) is 5.01 Å². The van der Waals surface area contributed by atoms with Crippen molar-refractivity contribution in [1.82, 2.24) is 10.3 Å². The zero-order valence-corrected chi connectivity index (χ0v) is 12.5. The Labute approximate surface area is 113 Å². The van der Waals surface area contributed by atoms with E-state index in [0.717, 1.165) is 10.7 Å². The van der Waals surface area contributed by atoms with Crippen LogP contribution in [0.3, 0.4) is 0 Å². The van der Waals surface area contributed by atoms with E-state index in [1.54, 1.807) is 11.3 Å². The van der Waals surface area contributed by atoms with Crippen LogP contribution in [0.1, 0.15) is 30.7 Å². The van der Waals surface area contributed by atoms with Gasteiger partial charge in [-0.05, 0) is 46.4 Å². The minimum atomic E-state index is -0.0769. The molecule has 1 aromatic heterocycles. The highest BCUT2D eigenvalue weighted by atomic mass is 32.1. The van der Waals surface area contributed by atoms with Crippen LogP contribution < -0.4 is 5.32 Å². The second-order valence-electron chi connectivity index (χ2n) is 5.23. The first-order valence-corrected chi connectivity index (χ1v) is 7.04. The van der Waals surface area contributed by atoms with Crippen molar-refractivity contribution in [3.05, 3.63) is 40.4 Å². The number of hydrogen-bond acceptors (Lipinski definition) is 3. The van der Waals surface area contributed by atoms with E-state index < -0.39 is 0 Å². The average molecular weight is 260 g/mol. The third-order valence-corrected chi connectivity index (χ3v) is 4.27. The molecule has 0 amide bonds. The van der Waals surface area contributed by atoms with Crippen molar-refractivity contribution >= 4 is 11.3 Å². The van der Waals surface area contributed by atoms with Gasteiger partial charge < -0.3 is 5.32 Å². The second kappa shape index (κ2) is 4.82. The topological polar surface area (TPSA) is 24.9 Å². The molecule has 0 aliphatic heterocycles. The van der Waals surface area contributed by atoms with E-state index in [1.807, 2.05) is 7.05 Å². The Hall–Kier alpha value is -1.19. The molecule has 3 heteroatoms. The lowest BCUT2D eigenvalue weighted by molar-refractivity contribution is 0.434. The van der Waals surface area contributed by atoms with E-state index in [9.17, 15) is 0 Å². The molecule has 0 aliphatic carbocycles. The molecule has 0 saturated heterocycles. The van der Waals surface area contributed by atoms with Crippen LogP contribution in [0.25, 0.3) is 10.6 Å². The van der Waals surface area contributed by atoms with Crippen molar-refractivity contribution in [2.24, 2.45) is 0 Å². The third-order valence-electron chi connectivity index (χ3n) is 3.39. The molecule has 0 aliphatic rings. The van der Waals surface area contributed by atoms with Crippen molar-refractivity contribution in [3.8, 4) is 10.6 Å². The first kappa shape index (κ1) is 13.2. The molecule has 0 radical (unpaired) electrons. The normalized spacial score (nSPS) is 11.8. The number of rotatable bonds is 3. The van der Waals surface area contributed by atoms with Gasteiger partial charge in [-0.2, -0.15) is 0 Å². The lowest BCUT2D eigenvalue weighted by atomic mass is 10.0. The highest BCUT2D eigenvalue weighted by Crippen LogP contribution is 2.30. The van der Waals surface area contributed by atoms with Crippen LogP contribution in [-0.4, -0.2) is 12.0 Å². The number of benzene rings is 1. The predicted octanol–water partition coefficient (Wildman–Crippen LogP) is 3.88. The highest BCUT2D eigenvalue weighted by molar-refractivity contribution is 7.13. The molecule has 2 rings (SSSR count). The first-order valence-electron chi connectivity index (χ1n) is 6.16. The molecule has 1 aromatic carbocycles. The minimum absolute atomic E-state index is 0.0769. The van der Waals surface area contributed by atoms with E-state index in [1.165, 1.54) is 16.7 Å². The van der Waals surface area contributed by atoms with Crippen LogP contribution >= 0.6 is 11.3 Å². The Kier molecular flexibility index (Phi) is 3.55. The molecular weight excluding hydrogens is 240 g/mol. The Morgan fingerprint density at radius 1 is 1.22 bits per heavy atom.